The predicted octanol–water partition coefficient (Wildman–Crippen LogP) is 1.96. The molecule has 1 atom stereocenters. The van der Waals surface area contributed by atoms with Gasteiger partial charge in [-0.1, -0.05) is 24.3 Å². The first-order chi connectivity index (χ1) is 11.7. The molecule has 0 saturated carbocycles. The predicted molar refractivity (Wildman–Crippen MR) is 96.3 cm³/mol. The number of amides is 1. The minimum atomic E-state index is 0.314. The van der Waals surface area contributed by atoms with Gasteiger partial charge < -0.3 is 15.1 Å². The summed E-state index contributed by atoms with van der Waals surface area (Å²) in [6, 6.07) is 8.91. The number of piperidine rings is 1. The summed E-state index contributed by atoms with van der Waals surface area (Å²) in [7, 11) is 2.13. The average molecular weight is 327 g/mol. The molecule has 1 aliphatic carbocycles. The second-order valence-electron chi connectivity index (χ2n) is 7.91. The number of fused-ring (bicyclic) bond motifs is 2. The van der Waals surface area contributed by atoms with Crippen molar-refractivity contribution in [3.63, 3.8) is 0 Å². The van der Waals surface area contributed by atoms with Gasteiger partial charge in [0.15, 0.2) is 0 Å². The van der Waals surface area contributed by atoms with Crippen LogP contribution in [0.25, 0.3) is 0 Å². The van der Waals surface area contributed by atoms with Crippen LogP contribution in [0.2, 0.25) is 0 Å². The molecule has 1 N–H and O–H groups in total. The van der Waals surface area contributed by atoms with E-state index in [1.807, 2.05) is 0 Å². The van der Waals surface area contributed by atoms with Crippen LogP contribution < -0.4 is 5.32 Å². The Morgan fingerprint density at radius 1 is 1.17 bits per heavy atom. The van der Waals surface area contributed by atoms with E-state index in [0.29, 0.717) is 23.7 Å². The molecule has 1 aromatic carbocycles. The maximum Gasteiger partial charge on any atom is 0.223 e. The molecule has 0 aromatic heterocycles. The Labute approximate surface area is 145 Å². The monoisotopic (exact) mass is 327 g/mol. The lowest BCUT2D eigenvalue weighted by Crippen LogP contribution is -2.47. The van der Waals surface area contributed by atoms with Crippen molar-refractivity contribution < 1.29 is 4.79 Å². The molecule has 4 nitrogen and oxygen atoms in total. The molecule has 130 valence electrons. The van der Waals surface area contributed by atoms with E-state index in [-0.39, 0.29) is 0 Å². The first-order valence-corrected chi connectivity index (χ1v) is 9.44. The summed E-state index contributed by atoms with van der Waals surface area (Å²) < 4.78 is 0. The number of piperazine rings is 1. The van der Waals surface area contributed by atoms with E-state index >= 15 is 0 Å². The zero-order valence-corrected chi connectivity index (χ0v) is 14.8. The molecule has 3 aliphatic rings. The molecule has 0 radical (unpaired) electrons. The van der Waals surface area contributed by atoms with E-state index in [1.54, 1.807) is 0 Å². The van der Waals surface area contributed by atoms with E-state index < -0.39 is 0 Å². The van der Waals surface area contributed by atoms with Crippen molar-refractivity contribution in [2.24, 2.45) is 0 Å². The largest absolute Gasteiger partial charge is 0.340 e. The van der Waals surface area contributed by atoms with Crippen LogP contribution in [0.4, 0.5) is 0 Å². The number of hydrogen-bond donors (Lipinski definition) is 1. The topological polar surface area (TPSA) is 35.6 Å². The van der Waals surface area contributed by atoms with Crippen molar-refractivity contribution >= 4 is 5.91 Å². The fourth-order valence-electron chi connectivity index (χ4n) is 4.98. The SMILES string of the molecule is CN1CCN(C(=O)CC2CC3(CCNCC3)c3ccccc32)CC1. The highest BCUT2D eigenvalue weighted by Crippen LogP contribution is 2.51. The van der Waals surface area contributed by atoms with Gasteiger partial charge in [0.05, 0.1) is 0 Å². The maximum atomic E-state index is 12.8. The molecule has 1 amide bonds. The Bertz CT molecular complexity index is 601. The summed E-state index contributed by atoms with van der Waals surface area (Å²) in [5, 5.41) is 3.50. The summed E-state index contributed by atoms with van der Waals surface area (Å²) in [4.78, 5) is 17.2. The average Bonchev–Trinajstić information content (AvgIpc) is 2.90. The minimum absolute atomic E-state index is 0.314. The van der Waals surface area contributed by atoms with Gasteiger partial charge >= 0.3 is 0 Å². The van der Waals surface area contributed by atoms with E-state index in [4.69, 9.17) is 0 Å². The fourth-order valence-corrected chi connectivity index (χ4v) is 4.98. The Balaban J connectivity index is 1.51. The van der Waals surface area contributed by atoms with Crippen LogP contribution in [0.15, 0.2) is 24.3 Å². The zero-order chi connectivity index (χ0) is 16.6. The van der Waals surface area contributed by atoms with Crippen LogP contribution in [-0.2, 0) is 10.2 Å². The molecule has 24 heavy (non-hydrogen) atoms. The number of likely N-dealkylation sites (N-methyl/N-ethyl adjacent to an activating group) is 1. The first kappa shape index (κ1) is 16.1. The van der Waals surface area contributed by atoms with Gasteiger partial charge in [0.2, 0.25) is 5.91 Å². The molecule has 1 unspecified atom stereocenters. The van der Waals surface area contributed by atoms with E-state index in [2.05, 4.69) is 46.4 Å². The van der Waals surface area contributed by atoms with Gasteiger partial charge in [0.1, 0.15) is 0 Å². The van der Waals surface area contributed by atoms with Crippen molar-refractivity contribution in [2.75, 3.05) is 46.3 Å². The number of nitrogens with zero attached hydrogens (tertiary/aromatic N) is 2. The normalized spacial score (nSPS) is 26.5. The third-order valence-electron chi connectivity index (χ3n) is 6.45. The van der Waals surface area contributed by atoms with Gasteiger partial charge in [-0.05, 0) is 61.9 Å². The molecule has 0 bridgehead atoms. The lowest BCUT2D eigenvalue weighted by Gasteiger charge is -2.35. The Kier molecular flexibility index (Phi) is 4.35. The van der Waals surface area contributed by atoms with Crippen molar-refractivity contribution in [1.82, 2.24) is 15.1 Å². The molecule has 1 aromatic rings. The molecule has 1 spiro atoms. The lowest BCUT2D eigenvalue weighted by molar-refractivity contribution is -0.133. The van der Waals surface area contributed by atoms with E-state index in [1.165, 1.54) is 24.0 Å². The molecule has 2 saturated heterocycles. The second kappa shape index (κ2) is 6.49. The van der Waals surface area contributed by atoms with Gasteiger partial charge in [-0.25, -0.2) is 0 Å². The standard InChI is InChI=1S/C20H29N3O/c1-22-10-12-23(13-11-22)19(24)14-16-15-20(6-8-21-9-7-20)18-5-3-2-4-17(16)18/h2-5,16,21H,6-15H2,1H3. The van der Waals surface area contributed by atoms with E-state index in [9.17, 15) is 4.79 Å². The van der Waals surface area contributed by atoms with Crippen LogP contribution in [0.3, 0.4) is 0 Å². The molecule has 4 heteroatoms. The highest BCUT2D eigenvalue weighted by atomic mass is 16.2. The number of carbonyl (C=O) groups is 1. The number of benzene rings is 1. The summed E-state index contributed by atoms with van der Waals surface area (Å²) in [6.07, 6.45) is 4.27. The minimum Gasteiger partial charge on any atom is -0.340 e. The molecular weight excluding hydrogens is 298 g/mol. The van der Waals surface area contributed by atoms with Gasteiger partial charge in [-0.15, -0.1) is 0 Å². The fraction of sp³-hybridized carbons (Fsp3) is 0.650. The number of carbonyl (C=O) groups excluding carboxylic acids is 1. The molecule has 2 aliphatic heterocycles. The van der Waals surface area contributed by atoms with Crippen molar-refractivity contribution in [3.8, 4) is 0 Å². The van der Waals surface area contributed by atoms with Crippen LogP contribution >= 0.6 is 0 Å². The van der Waals surface area contributed by atoms with Crippen LogP contribution in [-0.4, -0.2) is 62.0 Å². The quantitative estimate of drug-likeness (QED) is 0.902. The van der Waals surface area contributed by atoms with Gasteiger partial charge in [-0.3, -0.25) is 4.79 Å². The number of rotatable bonds is 2. The highest BCUT2D eigenvalue weighted by molar-refractivity contribution is 5.77. The van der Waals surface area contributed by atoms with E-state index in [0.717, 1.165) is 45.7 Å². The highest BCUT2D eigenvalue weighted by Gasteiger charge is 2.44. The van der Waals surface area contributed by atoms with Crippen LogP contribution in [0.1, 0.15) is 42.7 Å². The third kappa shape index (κ3) is 2.86. The molecule has 2 fully saturated rings. The Hall–Kier alpha value is -1.39. The summed E-state index contributed by atoms with van der Waals surface area (Å²) >= 11 is 0. The summed E-state index contributed by atoms with van der Waals surface area (Å²) in [6.45, 7) is 5.99. The molecule has 4 rings (SSSR count). The zero-order valence-electron chi connectivity index (χ0n) is 14.8. The first-order valence-electron chi connectivity index (χ1n) is 9.44. The molecular formula is C20H29N3O. The third-order valence-corrected chi connectivity index (χ3v) is 6.45. The Morgan fingerprint density at radius 2 is 1.88 bits per heavy atom. The smallest absolute Gasteiger partial charge is 0.223 e. The number of hydrogen-bond acceptors (Lipinski definition) is 3. The summed E-state index contributed by atoms with van der Waals surface area (Å²) in [5.41, 5.74) is 3.29. The number of nitrogens with one attached hydrogen (secondary N) is 1. The van der Waals surface area contributed by atoms with Crippen LogP contribution in [0, 0.1) is 0 Å². The van der Waals surface area contributed by atoms with Gasteiger partial charge in [0.25, 0.3) is 0 Å². The van der Waals surface area contributed by atoms with Crippen LogP contribution in [0.5, 0.6) is 0 Å². The molecule has 2 heterocycles. The summed E-state index contributed by atoms with van der Waals surface area (Å²) in [5.74, 6) is 0.764. The van der Waals surface area contributed by atoms with Gasteiger partial charge in [-0.2, -0.15) is 0 Å². The van der Waals surface area contributed by atoms with Crippen molar-refractivity contribution in [3.05, 3.63) is 35.4 Å². The maximum absolute atomic E-state index is 12.8. The van der Waals surface area contributed by atoms with Crippen molar-refractivity contribution in [1.29, 1.82) is 0 Å². The second-order valence-corrected chi connectivity index (χ2v) is 7.91. The van der Waals surface area contributed by atoms with Crippen molar-refractivity contribution in [2.45, 2.75) is 37.0 Å². The van der Waals surface area contributed by atoms with Gasteiger partial charge in [0, 0.05) is 32.6 Å². The lowest BCUT2D eigenvalue weighted by atomic mass is 9.73. The Morgan fingerprint density at radius 3 is 2.62 bits per heavy atom.